The van der Waals surface area contributed by atoms with E-state index in [0.29, 0.717) is 35.0 Å². The average molecular weight is 590 g/mol. The number of pyridine rings is 1. The molecular formula is C29H37F2N5O4S. The minimum absolute atomic E-state index is 0.134. The van der Waals surface area contributed by atoms with Gasteiger partial charge >= 0.3 is 5.97 Å². The Balaban J connectivity index is 1.32. The van der Waals surface area contributed by atoms with Gasteiger partial charge in [0, 0.05) is 57.4 Å². The molecule has 2 aromatic rings. The van der Waals surface area contributed by atoms with Crippen molar-refractivity contribution in [3.8, 4) is 5.75 Å². The lowest BCUT2D eigenvalue weighted by Gasteiger charge is -2.35. The molecule has 12 heteroatoms. The third-order valence-electron chi connectivity index (χ3n) is 8.13. The fourth-order valence-electron chi connectivity index (χ4n) is 5.40. The van der Waals surface area contributed by atoms with Gasteiger partial charge in [-0.2, -0.15) is 0 Å². The quantitative estimate of drug-likeness (QED) is 0.209. The van der Waals surface area contributed by atoms with Crippen molar-refractivity contribution >= 4 is 46.7 Å². The molecule has 1 aliphatic carbocycles. The van der Waals surface area contributed by atoms with Gasteiger partial charge in [0.25, 0.3) is 11.8 Å². The zero-order chi connectivity index (χ0) is 29.0. The number of alkyl halides is 2. The molecule has 0 radical (unpaired) electrons. The SMILES string of the molecule is COc1ccc(C(=O)Nc2ccc(NSCCOC(C)=O)cc2N2CCC3(CC2)CC3)nc1N1CCC(F)(F)CC1. The maximum atomic E-state index is 13.8. The van der Waals surface area contributed by atoms with Gasteiger partial charge in [-0.05, 0) is 73.4 Å². The molecule has 1 spiro atoms. The van der Waals surface area contributed by atoms with E-state index in [1.54, 1.807) is 17.0 Å². The lowest BCUT2D eigenvalue weighted by atomic mass is 9.93. The highest BCUT2D eigenvalue weighted by molar-refractivity contribution is 8.00. The number of carbonyl (C=O) groups excluding carboxylic acids is 2. The van der Waals surface area contributed by atoms with Gasteiger partial charge < -0.3 is 29.3 Å². The van der Waals surface area contributed by atoms with Crippen molar-refractivity contribution < 1.29 is 27.8 Å². The molecule has 9 nitrogen and oxygen atoms in total. The zero-order valence-corrected chi connectivity index (χ0v) is 24.3. The molecular weight excluding hydrogens is 552 g/mol. The molecule has 41 heavy (non-hydrogen) atoms. The summed E-state index contributed by atoms with van der Waals surface area (Å²) in [4.78, 5) is 33.1. The molecule has 2 aliphatic heterocycles. The van der Waals surface area contributed by atoms with Gasteiger partial charge in [0.15, 0.2) is 11.6 Å². The number of ether oxygens (including phenoxy) is 2. The van der Waals surface area contributed by atoms with Gasteiger partial charge in [-0.3, -0.25) is 9.59 Å². The maximum absolute atomic E-state index is 13.8. The predicted molar refractivity (Wildman–Crippen MR) is 157 cm³/mol. The highest BCUT2D eigenvalue weighted by atomic mass is 32.2. The molecule has 2 N–H and O–H groups in total. The molecule has 2 saturated heterocycles. The smallest absolute Gasteiger partial charge is 0.302 e. The lowest BCUT2D eigenvalue weighted by molar-refractivity contribution is -0.140. The molecule has 3 aliphatic rings. The van der Waals surface area contributed by atoms with E-state index in [9.17, 15) is 18.4 Å². The molecule has 0 unspecified atom stereocenters. The van der Waals surface area contributed by atoms with E-state index in [1.165, 1.54) is 38.8 Å². The number of anilines is 4. The summed E-state index contributed by atoms with van der Waals surface area (Å²) in [7, 11) is 1.50. The number of nitrogens with one attached hydrogen (secondary N) is 2. The van der Waals surface area contributed by atoms with E-state index in [-0.39, 0.29) is 43.5 Å². The first-order valence-electron chi connectivity index (χ1n) is 14.1. The van der Waals surface area contributed by atoms with Gasteiger partial charge in [0.1, 0.15) is 12.3 Å². The largest absolute Gasteiger partial charge is 0.493 e. The average Bonchev–Trinajstić information content (AvgIpc) is 3.72. The number of halogens is 2. The van der Waals surface area contributed by atoms with Gasteiger partial charge in [0.2, 0.25) is 0 Å². The first-order valence-corrected chi connectivity index (χ1v) is 15.0. The van der Waals surface area contributed by atoms with Crippen LogP contribution < -0.4 is 24.6 Å². The molecule has 5 rings (SSSR count). The van der Waals surface area contributed by atoms with Crippen molar-refractivity contribution in [1.82, 2.24) is 4.98 Å². The number of hydrogen-bond acceptors (Lipinski definition) is 9. The van der Waals surface area contributed by atoms with Gasteiger partial charge in [-0.25, -0.2) is 13.8 Å². The number of methoxy groups -OCH3 is 1. The van der Waals surface area contributed by atoms with Crippen LogP contribution in [0.2, 0.25) is 0 Å². The highest BCUT2D eigenvalue weighted by Gasteiger charge is 2.44. The summed E-state index contributed by atoms with van der Waals surface area (Å²) in [5.41, 5.74) is 3.16. The molecule has 1 amide bonds. The van der Waals surface area contributed by atoms with Crippen LogP contribution in [0.3, 0.4) is 0 Å². The van der Waals surface area contributed by atoms with Gasteiger partial charge in [-0.1, -0.05) is 0 Å². The first kappa shape index (κ1) is 29.2. The monoisotopic (exact) mass is 589 g/mol. The number of nitrogens with zero attached hydrogens (tertiary/aromatic N) is 3. The molecule has 3 fully saturated rings. The summed E-state index contributed by atoms with van der Waals surface area (Å²) in [5, 5.41) is 3.04. The predicted octanol–water partition coefficient (Wildman–Crippen LogP) is 5.58. The van der Waals surface area contributed by atoms with Crippen LogP contribution in [0.1, 0.15) is 55.9 Å². The number of hydrogen-bond donors (Lipinski definition) is 2. The fourth-order valence-corrected chi connectivity index (χ4v) is 5.96. The minimum Gasteiger partial charge on any atom is -0.493 e. The number of carbonyl (C=O) groups is 2. The van der Waals surface area contributed by atoms with Crippen LogP contribution in [0.4, 0.5) is 31.7 Å². The lowest BCUT2D eigenvalue weighted by Crippen LogP contribution is -2.40. The molecule has 1 saturated carbocycles. The van der Waals surface area contributed by atoms with Gasteiger partial charge in [0.05, 0.1) is 18.5 Å². The topological polar surface area (TPSA) is 96.0 Å². The number of aromatic nitrogens is 1. The summed E-state index contributed by atoms with van der Waals surface area (Å²) in [6, 6.07) is 9.04. The molecule has 1 aromatic carbocycles. The third-order valence-corrected chi connectivity index (χ3v) is 8.89. The highest BCUT2D eigenvalue weighted by Crippen LogP contribution is 2.54. The zero-order valence-electron chi connectivity index (χ0n) is 23.5. The summed E-state index contributed by atoms with van der Waals surface area (Å²) < 4.78 is 41.2. The number of amides is 1. The first-order chi connectivity index (χ1) is 19.7. The molecule has 1 aromatic heterocycles. The maximum Gasteiger partial charge on any atom is 0.302 e. The second-order valence-electron chi connectivity index (χ2n) is 11.0. The van der Waals surface area contributed by atoms with E-state index in [0.717, 1.165) is 37.3 Å². The van der Waals surface area contributed by atoms with Crippen molar-refractivity contribution in [3.63, 3.8) is 0 Å². The Hall–Kier alpha value is -3.28. The van der Waals surface area contributed by atoms with Crippen molar-refractivity contribution in [3.05, 3.63) is 36.0 Å². The summed E-state index contributed by atoms with van der Waals surface area (Å²) >= 11 is 1.44. The van der Waals surface area contributed by atoms with E-state index in [2.05, 4.69) is 19.9 Å². The van der Waals surface area contributed by atoms with Crippen LogP contribution >= 0.6 is 11.9 Å². The fraction of sp³-hybridized carbons (Fsp3) is 0.552. The Bertz CT molecular complexity index is 1260. The summed E-state index contributed by atoms with van der Waals surface area (Å²) in [6.07, 6.45) is 4.32. The second-order valence-corrected chi connectivity index (χ2v) is 11.9. The Morgan fingerprint density at radius 2 is 1.71 bits per heavy atom. The van der Waals surface area contributed by atoms with Crippen molar-refractivity contribution in [2.45, 2.75) is 51.4 Å². The van der Waals surface area contributed by atoms with E-state index >= 15 is 0 Å². The Morgan fingerprint density at radius 1 is 1.00 bits per heavy atom. The molecule has 3 heterocycles. The van der Waals surface area contributed by atoms with Crippen LogP contribution in [-0.4, -0.2) is 68.4 Å². The van der Waals surface area contributed by atoms with Crippen LogP contribution in [-0.2, 0) is 9.53 Å². The summed E-state index contributed by atoms with van der Waals surface area (Å²) in [6.45, 7) is 3.80. The van der Waals surface area contributed by atoms with Crippen molar-refractivity contribution in [2.24, 2.45) is 5.41 Å². The second kappa shape index (κ2) is 12.3. The van der Waals surface area contributed by atoms with E-state index < -0.39 is 5.92 Å². The number of piperidine rings is 2. The van der Waals surface area contributed by atoms with E-state index in [4.69, 9.17) is 9.47 Å². The standard InChI is InChI=1S/C29H37F2N5O4S/c1-20(37)40-17-18-41-34-21-3-4-22(24(19-21)35-13-9-28(7-8-28)10-14-35)33-27(38)23-5-6-25(39-2)26(32-23)36-15-11-29(30,31)12-16-36/h3-6,19,34H,7-18H2,1-2H3,(H,33,38). The van der Waals surface area contributed by atoms with Crippen LogP contribution in [0.5, 0.6) is 5.75 Å². The van der Waals surface area contributed by atoms with E-state index in [1.807, 2.05) is 18.2 Å². The minimum atomic E-state index is -2.69. The molecule has 222 valence electrons. The summed E-state index contributed by atoms with van der Waals surface area (Å²) in [5.74, 6) is -1.94. The van der Waals surface area contributed by atoms with Crippen LogP contribution in [0, 0.1) is 5.41 Å². The van der Waals surface area contributed by atoms with Crippen molar-refractivity contribution in [2.75, 3.05) is 65.5 Å². The number of rotatable bonds is 10. The Kier molecular flexibility index (Phi) is 8.77. The van der Waals surface area contributed by atoms with Crippen LogP contribution in [0.25, 0.3) is 0 Å². The molecule has 0 bridgehead atoms. The third kappa shape index (κ3) is 7.33. The molecule has 0 atom stereocenters. The number of benzene rings is 1. The Morgan fingerprint density at radius 3 is 2.37 bits per heavy atom. The van der Waals surface area contributed by atoms with Crippen LogP contribution in [0.15, 0.2) is 30.3 Å². The van der Waals surface area contributed by atoms with Crippen molar-refractivity contribution in [1.29, 1.82) is 0 Å². The normalized spacial score (nSPS) is 19.0. The van der Waals surface area contributed by atoms with Gasteiger partial charge in [-0.15, -0.1) is 0 Å². The number of esters is 1. The Labute approximate surface area is 243 Å².